The Morgan fingerprint density at radius 2 is 1.83 bits per heavy atom. The van der Waals surface area contributed by atoms with Crippen LogP contribution in [0.25, 0.3) is 0 Å². The summed E-state index contributed by atoms with van der Waals surface area (Å²) in [5.41, 5.74) is 0.544. The van der Waals surface area contributed by atoms with Crippen molar-refractivity contribution in [3.8, 4) is 0 Å². The molecular formula is C13H18F2N2O. The predicted octanol–water partition coefficient (Wildman–Crippen LogP) is 1.62. The van der Waals surface area contributed by atoms with Gasteiger partial charge in [0.25, 0.3) is 0 Å². The highest BCUT2D eigenvalue weighted by Gasteiger charge is 2.03. The van der Waals surface area contributed by atoms with Gasteiger partial charge in [-0.2, -0.15) is 0 Å². The van der Waals surface area contributed by atoms with Gasteiger partial charge < -0.3 is 10.6 Å². The number of halogens is 2. The molecule has 0 aliphatic carbocycles. The topological polar surface area (TPSA) is 41.1 Å². The van der Waals surface area contributed by atoms with E-state index in [0.29, 0.717) is 24.9 Å². The van der Waals surface area contributed by atoms with E-state index in [-0.39, 0.29) is 5.91 Å². The lowest BCUT2D eigenvalue weighted by atomic mass is 10.1. The molecule has 1 amide bonds. The molecule has 0 saturated heterocycles. The zero-order chi connectivity index (χ0) is 13.4. The molecule has 0 heterocycles. The number of nitrogens with one attached hydrogen (secondary N) is 2. The Morgan fingerprint density at radius 3 is 2.44 bits per heavy atom. The van der Waals surface area contributed by atoms with Gasteiger partial charge in [0, 0.05) is 19.0 Å². The van der Waals surface area contributed by atoms with Crippen LogP contribution in [0.3, 0.4) is 0 Å². The standard InChI is InChI=1S/C13H18F2N2O/c1-16-5-2-3-13(18)17-6-4-10-7-11(14)9-12(15)8-10/h7-9,16H,2-6H2,1H3,(H,17,18). The highest BCUT2D eigenvalue weighted by molar-refractivity contribution is 5.75. The highest BCUT2D eigenvalue weighted by Crippen LogP contribution is 2.08. The van der Waals surface area contributed by atoms with Crippen LogP contribution >= 0.6 is 0 Å². The maximum absolute atomic E-state index is 12.9. The summed E-state index contributed by atoms with van der Waals surface area (Å²) >= 11 is 0. The molecule has 1 aromatic carbocycles. The third-order valence-electron chi connectivity index (χ3n) is 2.49. The molecule has 0 bridgehead atoms. The molecule has 100 valence electrons. The first kappa shape index (κ1) is 14.6. The van der Waals surface area contributed by atoms with E-state index in [4.69, 9.17) is 0 Å². The highest BCUT2D eigenvalue weighted by atomic mass is 19.1. The van der Waals surface area contributed by atoms with Gasteiger partial charge in [-0.15, -0.1) is 0 Å². The summed E-state index contributed by atoms with van der Waals surface area (Å²) in [6.45, 7) is 1.18. The largest absolute Gasteiger partial charge is 0.356 e. The Bertz CT molecular complexity index is 376. The first-order valence-electron chi connectivity index (χ1n) is 5.98. The van der Waals surface area contributed by atoms with Crippen LogP contribution in [0.15, 0.2) is 18.2 Å². The van der Waals surface area contributed by atoms with Crippen LogP contribution in [0.5, 0.6) is 0 Å². The van der Waals surface area contributed by atoms with Gasteiger partial charge in [-0.05, 0) is 44.1 Å². The van der Waals surface area contributed by atoms with Crippen LogP contribution in [0, 0.1) is 11.6 Å². The van der Waals surface area contributed by atoms with Gasteiger partial charge in [0.05, 0.1) is 0 Å². The van der Waals surface area contributed by atoms with E-state index in [9.17, 15) is 13.6 Å². The fourth-order valence-electron chi connectivity index (χ4n) is 1.62. The molecule has 0 aliphatic rings. The van der Waals surface area contributed by atoms with Crippen molar-refractivity contribution in [3.63, 3.8) is 0 Å². The van der Waals surface area contributed by atoms with Gasteiger partial charge in [-0.1, -0.05) is 0 Å². The fourth-order valence-corrected chi connectivity index (χ4v) is 1.62. The second kappa shape index (κ2) is 7.76. The van der Waals surface area contributed by atoms with Crippen molar-refractivity contribution in [2.45, 2.75) is 19.3 Å². The maximum Gasteiger partial charge on any atom is 0.220 e. The minimum Gasteiger partial charge on any atom is -0.356 e. The van der Waals surface area contributed by atoms with Gasteiger partial charge in [0.1, 0.15) is 11.6 Å². The molecule has 0 aliphatic heterocycles. The molecule has 0 atom stereocenters. The number of hydrogen-bond donors (Lipinski definition) is 2. The van der Waals surface area contributed by atoms with E-state index in [1.165, 1.54) is 12.1 Å². The molecule has 3 nitrogen and oxygen atoms in total. The zero-order valence-corrected chi connectivity index (χ0v) is 10.4. The van der Waals surface area contributed by atoms with Crippen molar-refractivity contribution in [1.82, 2.24) is 10.6 Å². The average molecular weight is 256 g/mol. The van der Waals surface area contributed by atoms with Crippen LogP contribution in [-0.2, 0) is 11.2 Å². The lowest BCUT2D eigenvalue weighted by molar-refractivity contribution is -0.121. The molecule has 18 heavy (non-hydrogen) atoms. The van der Waals surface area contributed by atoms with Crippen molar-refractivity contribution < 1.29 is 13.6 Å². The first-order valence-corrected chi connectivity index (χ1v) is 5.98. The predicted molar refractivity (Wildman–Crippen MR) is 66.2 cm³/mol. The summed E-state index contributed by atoms with van der Waals surface area (Å²) in [6.07, 6.45) is 1.65. The van der Waals surface area contributed by atoms with Gasteiger partial charge >= 0.3 is 0 Å². The second-order valence-corrected chi connectivity index (χ2v) is 4.08. The van der Waals surface area contributed by atoms with Gasteiger partial charge in [0.2, 0.25) is 5.91 Å². The number of benzene rings is 1. The van der Waals surface area contributed by atoms with Gasteiger partial charge in [0.15, 0.2) is 0 Å². The summed E-state index contributed by atoms with van der Waals surface area (Å²) < 4.78 is 25.8. The minimum absolute atomic E-state index is 0.0397. The van der Waals surface area contributed by atoms with E-state index in [0.717, 1.165) is 19.0 Å². The molecule has 0 radical (unpaired) electrons. The monoisotopic (exact) mass is 256 g/mol. The second-order valence-electron chi connectivity index (χ2n) is 4.08. The first-order chi connectivity index (χ1) is 8.61. The molecular weight excluding hydrogens is 238 g/mol. The molecule has 0 fully saturated rings. The molecule has 1 rings (SSSR count). The number of carbonyl (C=O) groups excluding carboxylic acids is 1. The summed E-state index contributed by atoms with van der Waals surface area (Å²) in [4.78, 5) is 11.4. The normalized spacial score (nSPS) is 10.4. The quantitative estimate of drug-likeness (QED) is 0.728. The van der Waals surface area contributed by atoms with Crippen LogP contribution < -0.4 is 10.6 Å². The van der Waals surface area contributed by atoms with Crippen molar-refractivity contribution >= 4 is 5.91 Å². The Labute approximate surface area is 106 Å². The molecule has 0 unspecified atom stereocenters. The Morgan fingerprint density at radius 1 is 1.17 bits per heavy atom. The van der Waals surface area contributed by atoms with E-state index in [1.54, 1.807) is 0 Å². The minimum atomic E-state index is -0.592. The summed E-state index contributed by atoms with van der Waals surface area (Å²) in [6, 6.07) is 3.38. The molecule has 5 heteroatoms. The average Bonchev–Trinajstić information content (AvgIpc) is 2.28. The Balaban J connectivity index is 2.26. The number of hydrogen-bond acceptors (Lipinski definition) is 2. The van der Waals surface area contributed by atoms with E-state index in [1.807, 2.05) is 7.05 Å². The van der Waals surface area contributed by atoms with E-state index >= 15 is 0 Å². The van der Waals surface area contributed by atoms with Gasteiger partial charge in [-0.25, -0.2) is 8.78 Å². The lowest BCUT2D eigenvalue weighted by Gasteiger charge is -2.05. The summed E-state index contributed by atoms with van der Waals surface area (Å²) in [5.74, 6) is -1.22. The van der Waals surface area contributed by atoms with Crippen LogP contribution in [0.1, 0.15) is 18.4 Å². The number of rotatable bonds is 7. The molecule has 2 N–H and O–H groups in total. The zero-order valence-electron chi connectivity index (χ0n) is 10.4. The molecule has 0 aromatic heterocycles. The van der Waals surface area contributed by atoms with Gasteiger partial charge in [-0.3, -0.25) is 4.79 Å². The van der Waals surface area contributed by atoms with Crippen molar-refractivity contribution in [1.29, 1.82) is 0 Å². The third-order valence-corrected chi connectivity index (χ3v) is 2.49. The van der Waals surface area contributed by atoms with Crippen molar-refractivity contribution in [2.75, 3.05) is 20.1 Å². The third kappa shape index (κ3) is 5.72. The van der Waals surface area contributed by atoms with E-state index in [2.05, 4.69) is 10.6 Å². The van der Waals surface area contributed by atoms with Crippen molar-refractivity contribution in [2.24, 2.45) is 0 Å². The lowest BCUT2D eigenvalue weighted by Crippen LogP contribution is -2.26. The molecule has 1 aromatic rings. The fraction of sp³-hybridized carbons (Fsp3) is 0.462. The SMILES string of the molecule is CNCCCC(=O)NCCc1cc(F)cc(F)c1. The Hall–Kier alpha value is -1.49. The molecule has 0 spiro atoms. The smallest absolute Gasteiger partial charge is 0.220 e. The number of carbonyl (C=O) groups is 1. The van der Waals surface area contributed by atoms with Crippen LogP contribution in [0.2, 0.25) is 0 Å². The van der Waals surface area contributed by atoms with Crippen LogP contribution in [0.4, 0.5) is 8.78 Å². The summed E-state index contributed by atoms with van der Waals surface area (Å²) in [7, 11) is 1.83. The Kier molecular flexibility index (Phi) is 6.28. The van der Waals surface area contributed by atoms with Crippen molar-refractivity contribution in [3.05, 3.63) is 35.4 Å². The number of amides is 1. The van der Waals surface area contributed by atoms with Crippen LogP contribution in [-0.4, -0.2) is 26.0 Å². The maximum atomic E-state index is 12.9. The molecule has 0 saturated carbocycles. The summed E-state index contributed by atoms with van der Waals surface area (Å²) in [5, 5.41) is 5.67. The van der Waals surface area contributed by atoms with E-state index < -0.39 is 11.6 Å².